The van der Waals surface area contributed by atoms with Gasteiger partial charge < -0.3 is 0 Å². The van der Waals surface area contributed by atoms with E-state index >= 15 is 0 Å². The fraction of sp³-hybridized carbons (Fsp3) is 0. The predicted molar refractivity (Wildman–Crippen MR) is 58.3 cm³/mol. The van der Waals surface area contributed by atoms with Gasteiger partial charge >= 0.3 is 0 Å². The van der Waals surface area contributed by atoms with Gasteiger partial charge in [0.05, 0.1) is 0 Å². The summed E-state index contributed by atoms with van der Waals surface area (Å²) in [5.74, 6) is -0.526. The Balaban J connectivity index is 2.19. The molecule has 0 amide bonds. The number of hydrogen-bond donors (Lipinski definition) is 0. The molecule has 0 unspecified atom stereocenters. The Morgan fingerprint density at radius 3 is 3.00 bits per heavy atom. The summed E-state index contributed by atoms with van der Waals surface area (Å²) in [6, 6.07) is 2.91. The van der Waals surface area contributed by atoms with Crippen LogP contribution in [0.4, 0.5) is 4.39 Å². The molecule has 0 atom stereocenters. The molecular weight excluding hydrogens is 245 g/mol. The van der Waals surface area contributed by atoms with E-state index in [0.29, 0.717) is 28.1 Å². The van der Waals surface area contributed by atoms with E-state index in [1.165, 1.54) is 17.4 Å². The molecule has 3 rings (SSSR count). The van der Waals surface area contributed by atoms with Gasteiger partial charge in [0.15, 0.2) is 17.6 Å². The maximum Gasteiger partial charge on any atom is 0.170 e. The first-order valence-corrected chi connectivity index (χ1v) is 5.49. The first kappa shape index (κ1) is 10.0. The van der Waals surface area contributed by atoms with E-state index in [2.05, 4.69) is 19.9 Å². The second-order valence-corrected chi connectivity index (χ2v) is 4.14. The average molecular weight is 249 g/mol. The number of thiazole rings is 1. The number of benzene rings is 1. The van der Waals surface area contributed by atoms with E-state index in [0.717, 1.165) is 0 Å². The van der Waals surface area contributed by atoms with Crippen molar-refractivity contribution in [3.05, 3.63) is 29.0 Å². The number of nitrogens with zero attached hydrogens (tertiary/aromatic N) is 3. The average Bonchev–Trinajstić information content (AvgIpc) is 2.97. The largest absolute Gasteiger partial charge is 0.296 e. The van der Waals surface area contributed by atoms with Crippen LogP contribution in [0.3, 0.4) is 0 Å². The maximum absolute atomic E-state index is 13.6. The lowest BCUT2D eigenvalue weighted by molar-refractivity contribution is 0.111. The van der Waals surface area contributed by atoms with Gasteiger partial charge in [-0.2, -0.15) is 0 Å². The zero-order valence-electron chi connectivity index (χ0n) is 8.25. The number of halogens is 1. The lowest BCUT2D eigenvalue weighted by Gasteiger charge is -1.95. The van der Waals surface area contributed by atoms with Crippen LogP contribution >= 0.6 is 11.3 Å². The number of aromatic nitrogens is 3. The quantitative estimate of drug-likeness (QED) is 0.652. The molecule has 0 spiro atoms. The van der Waals surface area contributed by atoms with Crippen LogP contribution < -0.4 is 0 Å². The van der Waals surface area contributed by atoms with Gasteiger partial charge in [-0.3, -0.25) is 4.79 Å². The Labute approximate surface area is 97.9 Å². The molecule has 84 valence electrons. The smallest absolute Gasteiger partial charge is 0.170 e. The number of carbonyl (C=O) groups is 1. The summed E-state index contributed by atoms with van der Waals surface area (Å²) in [6.45, 7) is 0. The number of fused-ring (bicyclic) bond motifs is 1. The van der Waals surface area contributed by atoms with E-state index in [4.69, 9.17) is 0 Å². The van der Waals surface area contributed by atoms with Gasteiger partial charge in [-0.05, 0) is 22.4 Å². The van der Waals surface area contributed by atoms with Crippen LogP contribution in [0.15, 0.2) is 22.1 Å². The molecule has 0 aliphatic heterocycles. The van der Waals surface area contributed by atoms with Crippen LogP contribution in [0.2, 0.25) is 0 Å². The molecule has 1 aromatic carbocycles. The third kappa shape index (κ3) is 1.60. The predicted octanol–water partition coefficient (Wildman–Crippen LogP) is 2.30. The highest BCUT2D eigenvalue weighted by Gasteiger charge is 2.12. The summed E-state index contributed by atoms with van der Waals surface area (Å²) < 4.78 is 18.0. The van der Waals surface area contributed by atoms with Crippen molar-refractivity contribution in [3.8, 4) is 10.6 Å². The number of aldehydes is 1. The van der Waals surface area contributed by atoms with Gasteiger partial charge in [-0.1, -0.05) is 0 Å². The zero-order chi connectivity index (χ0) is 11.8. The topological polar surface area (TPSA) is 68.9 Å². The van der Waals surface area contributed by atoms with Gasteiger partial charge in [0, 0.05) is 10.9 Å². The molecule has 3 aromatic rings. The van der Waals surface area contributed by atoms with E-state index in [-0.39, 0.29) is 5.52 Å². The molecule has 0 bridgehead atoms. The van der Waals surface area contributed by atoms with Gasteiger partial charge in [0.1, 0.15) is 16.2 Å². The van der Waals surface area contributed by atoms with Crippen molar-refractivity contribution >= 4 is 28.7 Å². The van der Waals surface area contributed by atoms with Crippen LogP contribution in [0.5, 0.6) is 0 Å². The van der Waals surface area contributed by atoms with Crippen molar-refractivity contribution < 1.29 is 13.8 Å². The first-order valence-electron chi connectivity index (χ1n) is 4.61. The van der Waals surface area contributed by atoms with E-state index < -0.39 is 5.82 Å². The lowest BCUT2D eigenvalue weighted by Crippen LogP contribution is -1.84. The fourth-order valence-electron chi connectivity index (χ4n) is 1.45. The minimum atomic E-state index is -0.526. The third-order valence-corrected chi connectivity index (χ3v) is 3.11. The summed E-state index contributed by atoms with van der Waals surface area (Å²) in [4.78, 5) is 14.6. The van der Waals surface area contributed by atoms with Crippen LogP contribution in [0.25, 0.3) is 21.6 Å². The van der Waals surface area contributed by atoms with Crippen molar-refractivity contribution in [2.45, 2.75) is 0 Å². The molecule has 2 heterocycles. The molecule has 0 aliphatic carbocycles. The van der Waals surface area contributed by atoms with Crippen molar-refractivity contribution in [1.29, 1.82) is 0 Å². The molecule has 0 aliphatic rings. The highest BCUT2D eigenvalue weighted by molar-refractivity contribution is 7.13. The molecule has 0 radical (unpaired) electrons. The summed E-state index contributed by atoms with van der Waals surface area (Å²) in [5, 5.41) is 9.17. The number of hydrogen-bond acceptors (Lipinski definition) is 6. The van der Waals surface area contributed by atoms with E-state index in [9.17, 15) is 9.18 Å². The molecule has 5 nitrogen and oxygen atoms in total. The Kier molecular flexibility index (Phi) is 2.19. The van der Waals surface area contributed by atoms with Gasteiger partial charge in [0.25, 0.3) is 0 Å². The van der Waals surface area contributed by atoms with Crippen LogP contribution in [0, 0.1) is 5.82 Å². The van der Waals surface area contributed by atoms with Crippen LogP contribution in [0.1, 0.15) is 10.5 Å². The Bertz CT molecular complexity index is 706. The minimum absolute atomic E-state index is 0.0842. The fourth-order valence-corrected chi connectivity index (χ4v) is 2.20. The monoisotopic (exact) mass is 249 g/mol. The normalized spacial score (nSPS) is 10.9. The Morgan fingerprint density at radius 2 is 2.24 bits per heavy atom. The number of rotatable bonds is 2. The summed E-state index contributed by atoms with van der Waals surface area (Å²) >= 11 is 1.26. The Hall–Kier alpha value is -2.15. The van der Waals surface area contributed by atoms with E-state index in [1.54, 1.807) is 11.4 Å². The Morgan fingerprint density at radius 1 is 1.35 bits per heavy atom. The highest BCUT2D eigenvalue weighted by atomic mass is 32.1. The van der Waals surface area contributed by atoms with Crippen molar-refractivity contribution in [2.75, 3.05) is 0 Å². The van der Waals surface area contributed by atoms with E-state index in [1.807, 2.05) is 0 Å². The molecule has 0 N–H and O–H groups in total. The van der Waals surface area contributed by atoms with Crippen molar-refractivity contribution in [1.82, 2.24) is 15.3 Å². The second kappa shape index (κ2) is 3.70. The summed E-state index contributed by atoms with van der Waals surface area (Å²) in [6.07, 6.45) is 0.645. The maximum atomic E-state index is 13.6. The molecule has 0 saturated carbocycles. The SMILES string of the molecule is O=Cc1csc(-c2cc(F)c3nonc3c2)n1. The molecule has 7 heteroatoms. The zero-order valence-corrected chi connectivity index (χ0v) is 9.07. The van der Waals surface area contributed by atoms with Crippen LogP contribution in [-0.4, -0.2) is 21.6 Å². The van der Waals surface area contributed by atoms with Gasteiger partial charge in [-0.15, -0.1) is 11.3 Å². The molecule has 0 fully saturated rings. The third-order valence-electron chi connectivity index (χ3n) is 2.20. The van der Waals surface area contributed by atoms with Gasteiger partial charge in [0.2, 0.25) is 0 Å². The lowest BCUT2D eigenvalue weighted by atomic mass is 10.2. The molecule has 17 heavy (non-hydrogen) atoms. The van der Waals surface area contributed by atoms with Gasteiger partial charge in [-0.25, -0.2) is 14.0 Å². The van der Waals surface area contributed by atoms with Crippen molar-refractivity contribution in [2.24, 2.45) is 0 Å². The molecule has 0 saturated heterocycles. The summed E-state index contributed by atoms with van der Waals surface area (Å²) in [5.41, 5.74) is 1.27. The number of carbonyl (C=O) groups excluding carboxylic acids is 1. The molecular formula is C10H4FN3O2S. The highest BCUT2D eigenvalue weighted by Crippen LogP contribution is 2.27. The first-order chi connectivity index (χ1) is 8.28. The van der Waals surface area contributed by atoms with Crippen LogP contribution in [-0.2, 0) is 0 Å². The minimum Gasteiger partial charge on any atom is -0.296 e. The second-order valence-electron chi connectivity index (χ2n) is 3.29. The standard InChI is InChI=1S/C10H4FN3O2S/c11-7-1-5(2-8-9(7)14-16-13-8)10-12-6(3-15)4-17-10/h1-4H. The van der Waals surface area contributed by atoms with Crippen molar-refractivity contribution in [3.63, 3.8) is 0 Å². The summed E-state index contributed by atoms with van der Waals surface area (Å²) in [7, 11) is 0. The molecule has 2 aromatic heterocycles.